The van der Waals surface area contributed by atoms with Crippen molar-refractivity contribution in [1.82, 2.24) is 0 Å². The number of hydrogen-bond acceptors (Lipinski definition) is 4. The minimum Gasteiger partial charge on any atom is -0.324 e. The predicted molar refractivity (Wildman–Crippen MR) is 107 cm³/mol. The Morgan fingerprint density at radius 1 is 1.12 bits per heavy atom. The summed E-state index contributed by atoms with van der Waals surface area (Å²) in [6, 6.07) is 15.1. The maximum Gasteiger partial charge on any atom is 0.244 e. The quantitative estimate of drug-likeness (QED) is 0.749. The Bertz CT molecular complexity index is 837. The number of benzene rings is 2. The van der Waals surface area contributed by atoms with Crippen LogP contribution >= 0.6 is 12.4 Å². The van der Waals surface area contributed by atoms with Gasteiger partial charge in [-0.25, -0.2) is 8.42 Å². The number of amides is 1. The van der Waals surface area contributed by atoms with Crippen LogP contribution in [0.5, 0.6) is 0 Å². The molecule has 0 radical (unpaired) electrons. The van der Waals surface area contributed by atoms with Crippen molar-refractivity contribution in [2.75, 3.05) is 5.32 Å². The van der Waals surface area contributed by atoms with Crippen LogP contribution in [0.1, 0.15) is 32.3 Å². The highest BCUT2D eigenvalue weighted by Crippen LogP contribution is 2.20. The van der Waals surface area contributed by atoms with E-state index in [1.165, 1.54) is 0 Å². The average Bonchev–Trinajstić information content (AvgIpc) is 2.55. The Morgan fingerprint density at radius 2 is 1.77 bits per heavy atom. The van der Waals surface area contributed by atoms with E-state index in [0.29, 0.717) is 17.7 Å². The second-order valence-corrected chi connectivity index (χ2v) is 8.38. The summed E-state index contributed by atoms with van der Waals surface area (Å²) in [5.74, 6) is -0.410. The number of hydrogen-bond donors (Lipinski definition) is 2. The maximum atomic E-state index is 12.5. The van der Waals surface area contributed by atoms with E-state index in [9.17, 15) is 13.2 Å². The summed E-state index contributed by atoms with van der Waals surface area (Å²) >= 11 is 0. The first-order chi connectivity index (χ1) is 11.7. The second kappa shape index (κ2) is 9.16. The first-order valence-electron chi connectivity index (χ1n) is 8.22. The van der Waals surface area contributed by atoms with Crippen LogP contribution in [0.25, 0.3) is 0 Å². The van der Waals surface area contributed by atoms with Gasteiger partial charge in [0.1, 0.15) is 0 Å². The first-order valence-corrected chi connectivity index (χ1v) is 9.87. The molecule has 3 N–H and O–H groups in total. The van der Waals surface area contributed by atoms with Crippen LogP contribution in [-0.2, 0) is 20.4 Å². The molecule has 0 aliphatic heterocycles. The molecule has 0 bridgehead atoms. The van der Waals surface area contributed by atoms with Gasteiger partial charge in [-0.05, 0) is 43.2 Å². The monoisotopic (exact) mass is 396 g/mol. The molecule has 142 valence electrons. The van der Waals surface area contributed by atoms with Gasteiger partial charge in [0, 0.05) is 5.69 Å². The summed E-state index contributed by atoms with van der Waals surface area (Å²) in [7, 11) is -3.43. The zero-order valence-corrected chi connectivity index (χ0v) is 16.6. The topological polar surface area (TPSA) is 89.3 Å². The van der Waals surface area contributed by atoms with Gasteiger partial charge in [0.15, 0.2) is 9.84 Å². The molecule has 2 aromatic rings. The number of carbonyl (C=O) groups is 1. The molecule has 0 saturated heterocycles. The Hall–Kier alpha value is -1.89. The van der Waals surface area contributed by atoms with E-state index in [-0.39, 0.29) is 29.0 Å². The summed E-state index contributed by atoms with van der Waals surface area (Å²) < 4.78 is 24.9. The molecule has 26 heavy (non-hydrogen) atoms. The number of carbonyl (C=O) groups excluding carboxylic acids is 1. The second-order valence-electron chi connectivity index (χ2n) is 6.39. The van der Waals surface area contributed by atoms with Gasteiger partial charge in [-0.2, -0.15) is 0 Å². The molecule has 0 saturated carbocycles. The average molecular weight is 397 g/mol. The first kappa shape index (κ1) is 22.2. The van der Waals surface area contributed by atoms with Crippen LogP contribution in [-0.4, -0.2) is 19.9 Å². The summed E-state index contributed by atoms with van der Waals surface area (Å²) in [5.41, 5.74) is 6.22. The molecule has 0 spiro atoms. The van der Waals surface area contributed by atoms with Crippen LogP contribution in [0.3, 0.4) is 0 Å². The minimum absolute atomic E-state index is 0. The molecule has 2 rings (SSSR count). The summed E-state index contributed by atoms with van der Waals surface area (Å²) in [4.78, 5) is 12.6. The summed E-state index contributed by atoms with van der Waals surface area (Å²) in [6.45, 7) is 3.66. The Morgan fingerprint density at radius 3 is 2.38 bits per heavy atom. The van der Waals surface area contributed by atoms with Crippen molar-refractivity contribution in [1.29, 1.82) is 0 Å². The molecule has 1 amide bonds. The van der Waals surface area contributed by atoms with Crippen molar-refractivity contribution < 1.29 is 13.2 Å². The number of halogens is 1. The Labute approximate surface area is 161 Å². The summed E-state index contributed by atoms with van der Waals surface area (Å²) in [5, 5.41) is 2.77. The number of anilines is 1. The van der Waals surface area contributed by atoms with Gasteiger partial charge in [-0.3, -0.25) is 4.79 Å². The molecule has 2 aromatic carbocycles. The molecular weight excluding hydrogens is 372 g/mol. The number of sulfone groups is 1. The van der Waals surface area contributed by atoms with E-state index in [1.807, 2.05) is 6.92 Å². The maximum absolute atomic E-state index is 12.5. The molecule has 0 aromatic heterocycles. The van der Waals surface area contributed by atoms with Gasteiger partial charge in [0.25, 0.3) is 0 Å². The zero-order chi connectivity index (χ0) is 18.5. The standard InChI is InChI=1S/C19H24N2O3S.ClH/c1-3-12-19(2,20)18(22)21-16-9-7-8-15(13-16)14-25(23,24)17-10-5-4-6-11-17;/h4-11,13H,3,12,14,20H2,1-2H3,(H,21,22);1H. The van der Waals surface area contributed by atoms with Gasteiger partial charge in [-0.1, -0.05) is 43.7 Å². The van der Waals surface area contributed by atoms with Gasteiger partial charge in [0.05, 0.1) is 16.2 Å². The van der Waals surface area contributed by atoms with E-state index >= 15 is 0 Å². The van der Waals surface area contributed by atoms with E-state index in [1.54, 1.807) is 61.5 Å². The lowest BCUT2D eigenvalue weighted by molar-refractivity contribution is -0.120. The molecule has 1 unspecified atom stereocenters. The lowest BCUT2D eigenvalue weighted by atomic mass is 9.96. The van der Waals surface area contributed by atoms with Crippen molar-refractivity contribution in [3.63, 3.8) is 0 Å². The predicted octanol–water partition coefficient (Wildman–Crippen LogP) is 3.54. The van der Waals surface area contributed by atoms with E-state index in [0.717, 1.165) is 6.42 Å². The number of nitrogens with two attached hydrogens (primary N) is 1. The van der Waals surface area contributed by atoms with Crippen LogP contribution in [0.4, 0.5) is 5.69 Å². The van der Waals surface area contributed by atoms with E-state index in [4.69, 9.17) is 5.73 Å². The minimum atomic E-state index is -3.43. The Kier molecular flexibility index (Phi) is 7.81. The molecule has 0 fully saturated rings. The molecule has 0 heterocycles. The highest BCUT2D eigenvalue weighted by Gasteiger charge is 2.27. The fourth-order valence-electron chi connectivity index (χ4n) is 2.58. The fraction of sp³-hybridized carbons (Fsp3) is 0.316. The van der Waals surface area contributed by atoms with Crippen LogP contribution in [0.2, 0.25) is 0 Å². The molecule has 0 aliphatic carbocycles. The van der Waals surface area contributed by atoms with E-state index in [2.05, 4.69) is 5.32 Å². The number of nitrogens with one attached hydrogen (secondary N) is 1. The van der Waals surface area contributed by atoms with Gasteiger partial charge in [0.2, 0.25) is 5.91 Å². The van der Waals surface area contributed by atoms with Gasteiger partial charge < -0.3 is 11.1 Å². The lowest BCUT2D eigenvalue weighted by Crippen LogP contribution is -2.48. The van der Waals surface area contributed by atoms with Crippen LogP contribution < -0.4 is 11.1 Å². The third-order valence-corrected chi connectivity index (χ3v) is 5.64. The van der Waals surface area contributed by atoms with Crippen molar-refractivity contribution >= 4 is 33.8 Å². The van der Waals surface area contributed by atoms with Gasteiger partial charge >= 0.3 is 0 Å². The van der Waals surface area contributed by atoms with Crippen molar-refractivity contribution in [2.24, 2.45) is 5.73 Å². The highest BCUT2D eigenvalue weighted by atomic mass is 35.5. The lowest BCUT2D eigenvalue weighted by Gasteiger charge is -2.23. The zero-order valence-electron chi connectivity index (χ0n) is 14.9. The third kappa shape index (κ3) is 5.83. The van der Waals surface area contributed by atoms with Crippen molar-refractivity contribution in [3.05, 3.63) is 60.2 Å². The molecular formula is C19H25ClN2O3S. The van der Waals surface area contributed by atoms with E-state index < -0.39 is 15.4 Å². The molecule has 0 aliphatic rings. The SMILES string of the molecule is CCCC(C)(N)C(=O)Nc1cccc(CS(=O)(=O)c2ccccc2)c1.Cl. The highest BCUT2D eigenvalue weighted by molar-refractivity contribution is 7.90. The third-order valence-electron chi connectivity index (χ3n) is 3.93. The van der Waals surface area contributed by atoms with Gasteiger partial charge in [-0.15, -0.1) is 12.4 Å². The van der Waals surface area contributed by atoms with Crippen LogP contribution in [0.15, 0.2) is 59.5 Å². The molecule has 5 nitrogen and oxygen atoms in total. The fourth-order valence-corrected chi connectivity index (χ4v) is 3.93. The van der Waals surface area contributed by atoms with Crippen LogP contribution in [0, 0.1) is 0 Å². The normalized spacial score (nSPS) is 13.3. The van der Waals surface area contributed by atoms with Crippen molar-refractivity contribution in [2.45, 2.75) is 42.9 Å². The number of rotatable bonds is 7. The van der Waals surface area contributed by atoms with Crippen molar-refractivity contribution in [3.8, 4) is 0 Å². The Balaban J connectivity index is 0.00000338. The molecule has 7 heteroatoms. The summed E-state index contributed by atoms with van der Waals surface area (Å²) in [6.07, 6.45) is 1.37. The molecule has 1 atom stereocenters. The largest absolute Gasteiger partial charge is 0.324 e. The smallest absolute Gasteiger partial charge is 0.244 e.